The zero-order valence-electron chi connectivity index (χ0n) is 9.12. The molecule has 0 radical (unpaired) electrons. The molecule has 5 nitrogen and oxygen atoms in total. The average molecular weight is 275 g/mol. The molecule has 1 rings (SSSR count). The number of nitrogens with zero attached hydrogens (tertiary/aromatic N) is 3. The van der Waals surface area contributed by atoms with Gasteiger partial charge in [-0.1, -0.05) is 0 Å². The Labute approximate surface area is 97.8 Å². The lowest BCUT2D eigenvalue weighted by Gasteiger charge is -2.11. The number of hydrogen-bond acceptors (Lipinski definition) is 5. The quantitative estimate of drug-likeness (QED) is 0.889. The van der Waals surface area contributed by atoms with Gasteiger partial charge in [0.25, 0.3) is 0 Å². The number of aromatic nitrogens is 2. The fraction of sp³-hybridized carbons (Fsp3) is 0.556. The Morgan fingerprint density at radius 3 is 2.60 bits per heavy atom. The SMILES string of the molecule is COCc1nc(CN(C)C)nc(N)c1Br. The van der Waals surface area contributed by atoms with Crippen LogP contribution in [0.3, 0.4) is 0 Å². The van der Waals surface area contributed by atoms with Gasteiger partial charge in [0, 0.05) is 7.11 Å². The summed E-state index contributed by atoms with van der Waals surface area (Å²) in [5, 5.41) is 0. The number of ether oxygens (including phenoxy) is 1. The highest BCUT2D eigenvalue weighted by molar-refractivity contribution is 9.10. The maximum atomic E-state index is 5.76. The van der Waals surface area contributed by atoms with E-state index >= 15 is 0 Å². The summed E-state index contributed by atoms with van der Waals surface area (Å²) in [7, 11) is 5.53. The van der Waals surface area contributed by atoms with Crippen molar-refractivity contribution >= 4 is 21.7 Å². The summed E-state index contributed by atoms with van der Waals surface area (Å²) in [4.78, 5) is 10.5. The number of rotatable bonds is 4. The van der Waals surface area contributed by atoms with Crippen molar-refractivity contribution in [2.75, 3.05) is 26.9 Å². The topological polar surface area (TPSA) is 64.3 Å². The minimum absolute atomic E-state index is 0.424. The van der Waals surface area contributed by atoms with E-state index in [4.69, 9.17) is 10.5 Å². The van der Waals surface area contributed by atoms with Crippen molar-refractivity contribution in [2.24, 2.45) is 0 Å². The predicted molar refractivity (Wildman–Crippen MR) is 62.2 cm³/mol. The van der Waals surface area contributed by atoms with Crippen LogP contribution in [-0.4, -0.2) is 36.1 Å². The standard InChI is InChI=1S/C9H15BrN4O/c1-14(2)4-7-12-6(5-15-3)8(10)9(11)13-7/h4-5H2,1-3H3,(H2,11,12,13). The summed E-state index contributed by atoms with van der Waals surface area (Å²) >= 11 is 3.34. The molecule has 6 heteroatoms. The normalized spacial score (nSPS) is 11.0. The first-order chi connectivity index (χ1) is 7.04. The molecule has 0 atom stereocenters. The van der Waals surface area contributed by atoms with Crippen LogP contribution < -0.4 is 5.73 Å². The molecule has 15 heavy (non-hydrogen) atoms. The summed E-state index contributed by atoms with van der Waals surface area (Å²) < 4.78 is 5.75. The van der Waals surface area contributed by atoms with E-state index in [9.17, 15) is 0 Å². The summed E-state index contributed by atoms with van der Waals surface area (Å²) in [6.07, 6.45) is 0. The van der Waals surface area contributed by atoms with Crippen molar-refractivity contribution in [3.63, 3.8) is 0 Å². The monoisotopic (exact) mass is 274 g/mol. The van der Waals surface area contributed by atoms with Gasteiger partial charge in [0.15, 0.2) is 0 Å². The number of halogens is 1. The molecule has 84 valence electrons. The fourth-order valence-corrected chi connectivity index (χ4v) is 1.44. The summed E-state index contributed by atoms with van der Waals surface area (Å²) in [6.45, 7) is 1.09. The van der Waals surface area contributed by atoms with Gasteiger partial charge in [-0.05, 0) is 30.0 Å². The van der Waals surface area contributed by atoms with Crippen LogP contribution in [0.4, 0.5) is 5.82 Å². The van der Waals surface area contributed by atoms with Gasteiger partial charge in [-0.15, -0.1) is 0 Å². The van der Waals surface area contributed by atoms with Gasteiger partial charge in [-0.25, -0.2) is 9.97 Å². The molecule has 0 saturated carbocycles. The Morgan fingerprint density at radius 2 is 2.07 bits per heavy atom. The van der Waals surface area contributed by atoms with Crippen LogP contribution in [0.1, 0.15) is 11.5 Å². The van der Waals surface area contributed by atoms with Crippen molar-refractivity contribution in [3.05, 3.63) is 16.0 Å². The first-order valence-electron chi connectivity index (χ1n) is 4.49. The minimum atomic E-state index is 0.424. The van der Waals surface area contributed by atoms with E-state index in [-0.39, 0.29) is 0 Å². The predicted octanol–water partition coefficient (Wildman–Crippen LogP) is 1.03. The molecule has 1 aromatic heterocycles. The van der Waals surface area contributed by atoms with Crippen molar-refractivity contribution in [3.8, 4) is 0 Å². The van der Waals surface area contributed by atoms with E-state index in [0.717, 1.165) is 5.69 Å². The van der Waals surface area contributed by atoms with Gasteiger partial charge in [0.05, 0.1) is 23.3 Å². The van der Waals surface area contributed by atoms with Crippen molar-refractivity contribution < 1.29 is 4.74 Å². The summed E-state index contributed by atoms with van der Waals surface area (Å²) in [5.41, 5.74) is 6.53. The maximum absolute atomic E-state index is 5.76. The van der Waals surface area contributed by atoms with E-state index in [1.165, 1.54) is 0 Å². The van der Waals surface area contributed by atoms with Crippen LogP contribution in [0.2, 0.25) is 0 Å². The summed E-state index contributed by atoms with van der Waals surface area (Å²) in [5.74, 6) is 1.15. The number of methoxy groups -OCH3 is 1. The Hall–Kier alpha value is -0.720. The van der Waals surface area contributed by atoms with Crippen LogP contribution in [-0.2, 0) is 17.9 Å². The maximum Gasteiger partial charge on any atom is 0.145 e. The highest BCUT2D eigenvalue weighted by atomic mass is 79.9. The zero-order chi connectivity index (χ0) is 11.4. The average Bonchev–Trinajstić information content (AvgIpc) is 2.12. The van der Waals surface area contributed by atoms with Gasteiger partial charge < -0.3 is 15.4 Å². The Kier molecular flexibility index (Phi) is 4.44. The summed E-state index contributed by atoms with van der Waals surface area (Å²) in [6, 6.07) is 0. The molecule has 0 fully saturated rings. The van der Waals surface area contributed by atoms with Gasteiger partial charge in [0.1, 0.15) is 11.6 Å². The molecule has 2 N–H and O–H groups in total. The van der Waals surface area contributed by atoms with Crippen LogP contribution in [0.5, 0.6) is 0 Å². The van der Waals surface area contributed by atoms with Gasteiger partial charge in [-0.3, -0.25) is 0 Å². The number of nitrogens with two attached hydrogens (primary N) is 1. The van der Waals surface area contributed by atoms with E-state index < -0.39 is 0 Å². The molecule has 0 amide bonds. The molecule has 0 spiro atoms. The molecule has 0 unspecified atom stereocenters. The van der Waals surface area contributed by atoms with Crippen LogP contribution in [0.25, 0.3) is 0 Å². The molecule has 1 aromatic rings. The number of nitrogen functional groups attached to an aromatic ring is 1. The first-order valence-corrected chi connectivity index (χ1v) is 5.28. The molecular formula is C9H15BrN4O. The van der Waals surface area contributed by atoms with Gasteiger partial charge in [-0.2, -0.15) is 0 Å². The smallest absolute Gasteiger partial charge is 0.145 e. The highest BCUT2D eigenvalue weighted by Gasteiger charge is 2.10. The third kappa shape index (κ3) is 3.40. The molecule has 1 heterocycles. The molecule has 0 aromatic carbocycles. The lowest BCUT2D eigenvalue weighted by molar-refractivity contribution is 0.180. The van der Waals surface area contributed by atoms with Crippen LogP contribution in [0.15, 0.2) is 4.47 Å². The largest absolute Gasteiger partial charge is 0.383 e. The second-order valence-corrected chi connectivity index (χ2v) is 4.25. The lowest BCUT2D eigenvalue weighted by Crippen LogP contribution is -2.15. The van der Waals surface area contributed by atoms with E-state index in [0.29, 0.717) is 29.3 Å². The van der Waals surface area contributed by atoms with Gasteiger partial charge >= 0.3 is 0 Å². The Morgan fingerprint density at radius 1 is 1.40 bits per heavy atom. The lowest BCUT2D eigenvalue weighted by atomic mass is 10.4. The molecule has 0 bridgehead atoms. The fourth-order valence-electron chi connectivity index (χ4n) is 1.15. The molecule has 0 aliphatic heterocycles. The third-order valence-corrected chi connectivity index (χ3v) is 2.59. The van der Waals surface area contributed by atoms with E-state index in [2.05, 4.69) is 25.9 Å². The van der Waals surface area contributed by atoms with Crippen LogP contribution in [0, 0.1) is 0 Å². The molecular weight excluding hydrogens is 260 g/mol. The van der Waals surface area contributed by atoms with E-state index in [1.54, 1.807) is 7.11 Å². The van der Waals surface area contributed by atoms with Crippen molar-refractivity contribution in [1.29, 1.82) is 0 Å². The first kappa shape index (κ1) is 12.4. The third-order valence-electron chi connectivity index (χ3n) is 1.73. The molecule has 0 saturated heterocycles. The van der Waals surface area contributed by atoms with Crippen molar-refractivity contribution in [1.82, 2.24) is 14.9 Å². The number of hydrogen-bond donors (Lipinski definition) is 1. The Bertz CT molecular complexity index is 343. The molecule has 0 aliphatic rings. The minimum Gasteiger partial charge on any atom is -0.383 e. The second kappa shape index (κ2) is 5.39. The van der Waals surface area contributed by atoms with Crippen molar-refractivity contribution in [2.45, 2.75) is 13.2 Å². The second-order valence-electron chi connectivity index (χ2n) is 3.46. The van der Waals surface area contributed by atoms with Gasteiger partial charge in [0.2, 0.25) is 0 Å². The number of anilines is 1. The van der Waals surface area contributed by atoms with Crippen LogP contribution >= 0.6 is 15.9 Å². The van der Waals surface area contributed by atoms with E-state index in [1.807, 2.05) is 19.0 Å². The zero-order valence-corrected chi connectivity index (χ0v) is 10.7. The Balaban J connectivity index is 3.00. The highest BCUT2D eigenvalue weighted by Crippen LogP contribution is 2.21. The molecule has 0 aliphatic carbocycles.